The number of aliphatic hydroxyl groups is 1. The highest BCUT2D eigenvalue weighted by molar-refractivity contribution is 7.91. The number of likely N-dealkylation sites (tertiary alicyclic amines) is 1. The van der Waals surface area contributed by atoms with Crippen molar-refractivity contribution in [1.29, 1.82) is 0 Å². The van der Waals surface area contributed by atoms with Gasteiger partial charge in [0, 0.05) is 30.7 Å². The quantitative estimate of drug-likeness (QED) is 0.542. The molecule has 0 bridgehead atoms. The van der Waals surface area contributed by atoms with E-state index in [1.165, 1.54) is 38.5 Å². The first kappa shape index (κ1) is 24.2. The second-order valence-corrected chi connectivity index (χ2v) is 11.7. The zero-order valence-electron chi connectivity index (χ0n) is 20.5. The topological polar surface area (TPSA) is 73.7 Å². The Bertz CT molecular complexity index is 1280. The predicted octanol–water partition coefficient (Wildman–Crippen LogP) is 4.58. The molecule has 2 saturated heterocycles. The van der Waals surface area contributed by atoms with Gasteiger partial charge in [0.15, 0.2) is 0 Å². The van der Waals surface area contributed by atoms with Crippen molar-refractivity contribution in [2.75, 3.05) is 31.1 Å². The zero-order chi connectivity index (χ0) is 24.4. The third-order valence-electron chi connectivity index (χ3n) is 7.67. The number of aromatic nitrogens is 1. The molecule has 0 amide bonds. The van der Waals surface area contributed by atoms with E-state index in [4.69, 9.17) is 0 Å². The summed E-state index contributed by atoms with van der Waals surface area (Å²) in [5, 5.41) is 10.6. The molecule has 1 N–H and O–H groups in total. The number of hydrogen-bond donors (Lipinski definition) is 1. The van der Waals surface area contributed by atoms with Crippen LogP contribution in [0.15, 0.2) is 58.5 Å². The Hall–Kier alpha value is -2.48. The standard InChI is InChI=1S/C28H35N3O3S/c1-2-21-6-9-24(10-7-21)35(33,34)27-19-29-26-11-8-22(20-32)18-25(26)28(27)31-16-12-23(13-17-31)30-14-4-3-5-15-30/h6-11,18-19,23,32H,2-5,12-17,20H2,1H3. The molecule has 1 aromatic heterocycles. The Morgan fingerprint density at radius 1 is 0.943 bits per heavy atom. The van der Waals surface area contributed by atoms with Crippen LogP contribution >= 0.6 is 0 Å². The average molecular weight is 494 g/mol. The number of hydrogen-bond acceptors (Lipinski definition) is 6. The molecule has 0 aliphatic carbocycles. The van der Waals surface area contributed by atoms with Crippen LogP contribution in [-0.4, -0.2) is 55.6 Å². The Labute approximate surface area is 208 Å². The number of pyridine rings is 1. The minimum atomic E-state index is -3.77. The van der Waals surface area contributed by atoms with Gasteiger partial charge in [-0.1, -0.05) is 31.5 Å². The first-order valence-electron chi connectivity index (χ1n) is 12.9. The molecule has 5 rings (SSSR count). The van der Waals surface area contributed by atoms with Crippen LogP contribution in [0.1, 0.15) is 50.2 Å². The van der Waals surface area contributed by atoms with Crippen LogP contribution < -0.4 is 4.90 Å². The summed E-state index contributed by atoms with van der Waals surface area (Å²) in [6.07, 6.45) is 8.31. The van der Waals surface area contributed by atoms with Gasteiger partial charge in [-0.05, 0) is 80.6 Å². The summed E-state index contributed by atoms with van der Waals surface area (Å²) < 4.78 is 27.8. The molecule has 6 nitrogen and oxygen atoms in total. The van der Waals surface area contributed by atoms with E-state index in [9.17, 15) is 13.5 Å². The molecule has 3 aromatic rings. The van der Waals surface area contributed by atoms with E-state index in [0.717, 1.165) is 60.1 Å². The van der Waals surface area contributed by atoms with Gasteiger partial charge in [-0.2, -0.15) is 0 Å². The van der Waals surface area contributed by atoms with Crippen LogP contribution in [-0.2, 0) is 22.9 Å². The molecule has 0 atom stereocenters. The van der Waals surface area contributed by atoms with Crippen LogP contribution in [0.3, 0.4) is 0 Å². The lowest BCUT2D eigenvalue weighted by atomic mass is 9.99. The van der Waals surface area contributed by atoms with E-state index in [1.54, 1.807) is 12.1 Å². The van der Waals surface area contributed by atoms with Crippen LogP contribution in [0.4, 0.5) is 5.69 Å². The zero-order valence-corrected chi connectivity index (χ0v) is 21.3. The summed E-state index contributed by atoms with van der Waals surface area (Å²) in [5.41, 5.74) is 3.33. The lowest BCUT2D eigenvalue weighted by molar-refractivity contribution is 0.141. The number of sulfone groups is 1. The number of nitrogens with zero attached hydrogens (tertiary/aromatic N) is 3. The third kappa shape index (κ3) is 4.82. The van der Waals surface area contributed by atoms with Gasteiger partial charge < -0.3 is 14.9 Å². The van der Waals surface area contributed by atoms with Crippen molar-refractivity contribution in [1.82, 2.24) is 9.88 Å². The molecule has 2 aliphatic heterocycles. The SMILES string of the molecule is CCc1ccc(S(=O)(=O)c2cnc3ccc(CO)cc3c2N2CCC(N3CCCCC3)CC2)cc1. The Morgan fingerprint density at radius 2 is 1.63 bits per heavy atom. The summed E-state index contributed by atoms with van der Waals surface area (Å²) in [5.74, 6) is 0. The Kier molecular flexibility index (Phi) is 7.09. The highest BCUT2D eigenvalue weighted by Gasteiger charge is 2.31. The molecule has 2 fully saturated rings. The highest BCUT2D eigenvalue weighted by atomic mass is 32.2. The normalized spacial score (nSPS) is 18.3. The fraction of sp³-hybridized carbons (Fsp3) is 0.464. The highest BCUT2D eigenvalue weighted by Crippen LogP contribution is 2.38. The molecule has 2 aliphatic rings. The molecule has 186 valence electrons. The molecule has 0 unspecified atom stereocenters. The summed E-state index contributed by atoms with van der Waals surface area (Å²) in [6.45, 7) is 5.93. The second kappa shape index (κ2) is 10.2. The van der Waals surface area contributed by atoms with Crippen molar-refractivity contribution >= 4 is 26.4 Å². The fourth-order valence-corrected chi connectivity index (χ4v) is 7.03. The molecular formula is C28H35N3O3S. The van der Waals surface area contributed by atoms with Gasteiger partial charge in [0.1, 0.15) is 4.90 Å². The van der Waals surface area contributed by atoms with Gasteiger partial charge in [0.2, 0.25) is 9.84 Å². The molecule has 0 radical (unpaired) electrons. The van der Waals surface area contributed by atoms with E-state index >= 15 is 0 Å². The largest absolute Gasteiger partial charge is 0.392 e. The first-order valence-corrected chi connectivity index (χ1v) is 14.3. The monoisotopic (exact) mass is 493 g/mol. The maximum atomic E-state index is 13.9. The average Bonchev–Trinajstić information content (AvgIpc) is 2.92. The van der Waals surface area contributed by atoms with E-state index in [2.05, 4.69) is 21.7 Å². The van der Waals surface area contributed by atoms with Crippen molar-refractivity contribution in [3.63, 3.8) is 0 Å². The van der Waals surface area contributed by atoms with Gasteiger partial charge in [0.25, 0.3) is 0 Å². The van der Waals surface area contributed by atoms with Gasteiger partial charge in [0.05, 0.1) is 22.7 Å². The molecule has 2 aromatic carbocycles. The van der Waals surface area contributed by atoms with E-state index < -0.39 is 9.84 Å². The van der Waals surface area contributed by atoms with Crippen LogP contribution in [0.25, 0.3) is 10.9 Å². The molecule has 35 heavy (non-hydrogen) atoms. The summed E-state index contributed by atoms with van der Waals surface area (Å²) in [7, 11) is -3.77. The predicted molar refractivity (Wildman–Crippen MR) is 140 cm³/mol. The molecule has 0 saturated carbocycles. The van der Waals surface area contributed by atoms with Crippen molar-refractivity contribution in [3.8, 4) is 0 Å². The van der Waals surface area contributed by atoms with Gasteiger partial charge in [-0.3, -0.25) is 4.98 Å². The third-order valence-corrected chi connectivity index (χ3v) is 9.44. The summed E-state index contributed by atoms with van der Waals surface area (Å²) >= 11 is 0. The smallest absolute Gasteiger partial charge is 0.210 e. The van der Waals surface area contributed by atoms with E-state index in [1.807, 2.05) is 30.3 Å². The van der Waals surface area contributed by atoms with Crippen molar-refractivity contribution < 1.29 is 13.5 Å². The summed E-state index contributed by atoms with van der Waals surface area (Å²) in [4.78, 5) is 9.93. The molecule has 7 heteroatoms. The van der Waals surface area contributed by atoms with Crippen LogP contribution in [0.2, 0.25) is 0 Å². The number of rotatable bonds is 6. The van der Waals surface area contributed by atoms with Gasteiger partial charge in [-0.15, -0.1) is 0 Å². The number of benzene rings is 2. The van der Waals surface area contributed by atoms with Crippen molar-refractivity contribution in [2.24, 2.45) is 0 Å². The van der Waals surface area contributed by atoms with Crippen LogP contribution in [0.5, 0.6) is 0 Å². The number of aryl methyl sites for hydroxylation is 1. The van der Waals surface area contributed by atoms with E-state index in [0.29, 0.717) is 10.9 Å². The lowest BCUT2D eigenvalue weighted by Crippen LogP contribution is -2.47. The molecule has 0 spiro atoms. The number of aliphatic hydroxyl groups excluding tert-OH is 1. The summed E-state index contributed by atoms with van der Waals surface area (Å²) in [6, 6.07) is 13.4. The van der Waals surface area contributed by atoms with Crippen molar-refractivity contribution in [3.05, 3.63) is 59.8 Å². The lowest BCUT2D eigenvalue weighted by Gasteiger charge is -2.41. The number of fused-ring (bicyclic) bond motifs is 1. The van der Waals surface area contributed by atoms with E-state index in [-0.39, 0.29) is 11.5 Å². The number of anilines is 1. The van der Waals surface area contributed by atoms with Crippen LogP contribution in [0, 0.1) is 0 Å². The Morgan fingerprint density at radius 3 is 2.29 bits per heavy atom. The number of piperidine rings is 2. The first-order chi connectivity index (χ1) is 17.0. The van der Waals surface area contributed by atoms with Gasteiger partial charge in [-0.25, -0.2) is 8.42 Å². The molecule has 3 heterocycles. The minimum Gasteiger partial charge on any atom is -0.392 e. The fourth-order valence-electron chi connectivity index (χ4n) is 5.60. The second-order valence-electron chi connectivity index (χ2n) is 9.80. The van der Waals surface area contributed by atoms with Gasteiger partial charge >= 0.3 is 0 Å². The Balaban J connectivity index is 1.56. The maximum Gasteiger partial charge on any atom is 0.210 e. The van der Waals surface area contributed by atoms with Crippen molar-refractivity contribution in [2.45, 2.75) is 67.9 Å². The molecular weight excluding hydrogens is 458 g/mol. The maximum absolute atomic E-state index is 13.9. The minimum absolute atomic E-state index is 0.0954.